The largest absolute Gasteiger partial charge is 0.486 e. The van der Waals surface area contributed by atoms with E-state index in [1.165, 1.54) is 0 Å². The number of carbonyl (C=O) groups excluding carboxylic acids is 2. The topological polar surface area (TPSA) is 67.9 Å². The van der Waals surface area contributed by atoms with Gasteiger partial charge in [0.05, 0.1) is 6.42 Å². The van der Waals surface area contributed by atoms with E-state index in [1.807, 2.05) is 18.2 Å². The second-order valence-electron chi connectivity index (χ2n) is 5.56. The predicted octanol–water partition coefficient (Wildman–Crippen LogP) is 0.737. The van der Waals surface area contributed by atoms with Gasteiger partial charge >= 0.3 is 0 Å². The van der Waals surface area contributed by atoms with Crippen LogP contribution < -0.4 is 14.8 Å². The lowest BCUT2D eigenvalue weighted by molar-refractivity contribution is -0.138. The van der Waals surface area contributed by atoms with E-state index >= 15 is 0 Å². The fourth-order valence-electron chi connectivity index (χ4n) is 2.76. The number of hydrogen-bond acceptors (Lipinski definition) is 4. The van der Waals surface area contributed by atoms with Crippen molar-refractivity contribution >= 4 is 11.8 Å². The van der Waals surface area contributed by atoms with Crippen LogP contribution in [0, 0.1) is 0 Å². The highest BCUT2D eigenvalue weighted by Crippen LogP contribution is 2.31. The van der Waals surface area contributed by atoms with Gasteiger partial charge in [0, 0.05) is 13.1 Å². The number of nitrogens with one attached hydrogen (secondary N) is 1. The highest BCUT2D eigenvalue weighted by molar-refractivity contribution is 5.88. The van der Waals surface area contributed by atoms with E-state index in [2.05, 4.69) is 5.32 Å². The Hall–Kier alpha value is -2.24. The molecule has 2 aliphatic rings. The average molecular weight is 304 g/mol. The molecule has 22 heavy (non-hydrogen) atoms. The molecule has 0 radical (unpaired) electrons. The third-order valence-corrected chi connectivity index (χ3v) is 4.00. The molecule has 0 spiro atoms. The van der Waals surface area contributed by atoms with Crippen molar-refractivity contribution in [2.24, 2.45) is 0 Å². The van der Waals surface area contributed by atoms with Gasteiger partial charge in [-0.15, -0.1) is 0 Å². The molecule has 1 fully saturated rings. The second-order valence-corrected chi connectivity index (χ2v) is 5.56. The number of benzene rings is 1. The molecule has 0 bridgehead atoms. The first-order chi connectivity index (χ1) is 10.6. The molecule has 2 amide bonds. The van der Waals surface area contributed by atoms with Gasteiger partial charge in [-0.05, 0) is 31.0 Å². The van der Waals surface area contributed by atoms with Crippen LogP contribution in [0.25, 0.3) is 0 Å². The van der Waals surface area contributed by atoms with Crippen LogP contribution in [0.3, 0.4) is 0 Å². The van der Waals surface area contributed by atoms with Crippen LogP contribution in [-0.2, 0) is 16.0 Å². The Balaban J connectivity index is 1.72. The van der Waals surface area contributed by atoms with Crippen LogP contribution in [0.2, 0.25) is 0 Å². The highest BCUT2D eigenvalue weighted by Gasteiger charge is 2.27. The van der Waals surface area contributed by atoms with Crippen molar-refractivity contribution in [2.75, 3.05) is 26.3 Å². The molecule has 3 rings (SSSR count). The molecule has 1 saturated heterocycles. The molecule has 0 aliphatic carbocycles. The third kappa shape index (κ3) is 3.00. The Labute approximate surface area is 129 Å². The Kier molecular flexibility index (Phi) is 4.18. The Morgan fingerprint density at radius 1 is 1.32 bits per heavy atom. The number of carbonyl (C=O) groups is 2. The molecule has 0 aromatic heterocycles. The first kappa shape index (κ1) is 14.7. The summed E-state index contributed by atoms with van der Waals surface area (Å²) in [5, 5.41) is 2.81. The van der Waals surface area contributed by atoms with Gasteiger partial charge in [-0.2, -0.15) is 0 Å². The molecule has 2 heterocycles. The van der Waals surface area contributed by atoms with E-state index in [0.29, 0.717) is 37.8 Å². The summed E-state index contributed by atoms with van der Waals surface area (Å²) in [6.45, 7) is 4.06. The number of rotatable bonds is 2. The Morgan fingerprint density at radius 2 is 2.09 bits per heavy atom. The fraction of sp³-hybridized carbons (Fsp3) is 0.500. The zero-order valence-electron chi connectivity index (χ0n) is 12.6. The molecule has 0 saturated carbocycles. The summed E-state index contributed by atoms with van der Waals surface area (Å²) in [6, 6.07) is 5.12. The molecule has 1 aromatic rings. The number of ether oxygens (including phenoxy) is 2. The van der Waals surface area contributed by atoms with Crippen LogP contribution in [0.5, 0.6) is 11.5 Å². The van der Waals surface area contributed by atoms with Gasteiger partial charge < -0.3 is 19.7 Å². The van der Waals surface area contributed by atoms with Crippen LogP contribution in [0.4, 0.5) is 0 Å². The fourth-order valence-corrected chi connectivity index (χ4v) is 2.76. The SMILES string of the molecule is C[C@H]1C(=O)NCCCN1C(=O)Cc1ccc2c(c1)OCCO2. The first-order valence-corrected chi connectivity index (χ1v) is 7.61. The van der Waals surface area contributed by atoms with Crippen molar-refractivity contribution in [3.8, 4) is 11.5 Å². The summed E-state index contributed by atoms with van der Waals surface area (Å²) in [5.74, 6) is 1.26. The smallest absolute Gasteiger partial charge is 0.242 e. The van der Waals surface area contributed by atoms with Crippen molar-refractivity contribution in [3.05, 3.63) is 23.8 Å². The summed E-state index contributed by atoms with van der Waals surface area (Å²) < 4.78 is 11.0. The van der Waals surface area contributed by atoms with Gasteiger partial charge in [-0.1, -0.05) is 6.07 Å². The van der Waals surface area contributed by atoms with E-state index in [0.717, 1.165) is 12.0 Å². The average Bonchev–Trinajstić information content (AvgIpc) is 2.69. The molecule has 1 atom stereocenters. The van der Waals surface area contributed by atoms with E-state index in [9.17, 15) is 9.59 Å². The van der Waals surface area contributed by atoms with Crippen molar-refractivity contribution in [1.29, 1.82) is 0 Å². The standard InChI is InChI=1S/C16H20N2O4/c1-11-16(20)17-5-2-6-18(11)15(19)10-12-3-4-13-14(9-12)22-8-7-21-13/h3-4,9,11H,2,5-8,10H2,1H3,(H,17,20)/t11-/m0/s1. The van der Waals surface area contributed by atoms with Crippen LogP contribution in [0.1, 0.15) is 18.9 Å². The maximum atomic E-state index is 12.5. The number of hydrogen-bond donors (Lipinski definition) is 1. The van der Waals surface area contributed by atoms with Gasteiger partial charge in [-0.3, -0.25) is 9.59 Å². The molecule has 6 nitrogen and oxygen atoms in total. The minimum Gasteiger partial charge on any atom is -0.486 e. The number of nitrogens with zero attached hydrogens (tertiary/aromatic N) is 1. The Bertz CT molecular complexity index is 588. The molecule has 2 aliphatic heterocycles. The predicted molar refractivity (Wildman–Crippen MR) is 79.9 cm³/mol. The molecular formula is C16H20N2O4. The van der Waals surface area contributed by atoms with E-state index in [1.54, 1.807) is 11.8 Å². The molecular weight excluding hydrogens is 284 g/mol. The van der Waals surface area contributed by atoms with Gasteiger partial charge in [0.2, 0.25) is 11.8 Å². The van der Waals surface area contributed by atoms with Crippen molar-refractivity contribution < 1.29 is 19.1 Å². The summed E-state index contributed by atoms with van der Waals surface area (Å²) >= 11 is 0. The van der Waals surface area contributed by atoms with Crippen LogP contribution >= 0.6 is 0 Å². The zero-order valence-corrected chi connectivity index (χ0v) is 12.6. The zero-order chi connectivity index (χ0) is 15.5. The lowest BCUT2D eigenvalue weighted by Crippen LogP contribution is -2.45. The van der Waals surface area contributed by atoms with Gasteiger partial charge in [-0.25, -0.2) is 0 Å². The minimum atomic E-state index is -0.424. The molecule has 118 valence electrons. The lowest BCUT2D eigenvalue weighted by atomic mass is 10.1. The number of amides is 2. The second kappa shape index (κ2) is 6.25. The summed E-state index contributed by atoms with van der Waals surface area (Å²) in [4.78, 5) is 26.0. The normalized spacial score (nSPS) is 21.0. The monoisotopic (exact) mass is 304 g/mol. The first-order valence-electron chi connectivity index (χ1n) is 7.61. The molecule has 1 aromatic carbocycles. The van der Waals surface area contributed by atoms with Crippen molar-refractivity contribution in [1.82, 2.24) is 10.2 Å². The molecule has 1 N–H and O–H groups in total. The highest BCUT2D eigenvalue weighted by atomic mass is 16.6. The molecule has 6 heteroatoms. The minimum absolute atomic E-state index is 0.0405. The van der Waals surface area contributed by atoms with Crippen LogP contribution in [-0.4, -0.2) is 49.1 Å². The van der Waals surface area contributed by atoms with Crippen molar-refractivity contribution in [3.63, 3.8) is 0 Å². The maximum absolute atomic E-state index is 12.5. The molecule has 0 unspecified atom stereocenters. The third-order valence-electron chi connectivity index (χ3n) is 4.00. The van der Waals surface area contributed by atoms with E-state index in [4.69, 9.17) is 9.47 Å². The van der Waals surface area contributed by atoms with Crippen molar-refractivity contribution in [2.45, 2.75) is 25.8 Å². The lowest BCUT2D eigenvalue weighted by Gasteiger charge is -2.26. The van der Waals surface area contributed by atoms with Crippen LogP contribution in [0.15, 0.2) is 18.2 Å². The van der Waals surface area contributed by atoms with E-state index < -0.39 is 6.04 Å². The summed E-state index contributed by atoms with van der Waals surface area (Å²) in [5.41, 5.74) is 0.867. The summed E-state index contributed by atoms with van der Waals surface area (Å²) in [7, 11) is 0. The maximum Gasteiger partial charge on any atom is 0.242 e. The van der Waals surface area contributed by atoms with Gasteiger partial charge in [0.1, 0.15) is 19.3 Å². The van der Waals surface area contributed by atoms with Gasteiger partial charge in [0.25, 0.3) is 0 Å². The quantitative estimate of drug-likeness (QED) is 0.875. The van der Waals surface area contributed by atoms with Gasteiger partial charge in [0.15, 0.2) is 11.5 Å². The Morgan fingerprint density at radius 3 is 2.91 bits per heavy atom. The summed E-state index contributed by atoms with van der Waals surface area (Å²) in [6.07, 6.45) is 1.04. The van der Waals surface area contributed by atoms with E-state index in [-0.39, 0.29) is 18.2 Å². The number of fused-ring (bicyclic) bond motifs is 1.